The van der Waals surface area contributed by atoms with Crippen LogP contribution in [0.4, 0.5) is 5.69 Å². The molecule has 8 heteroatoms. The van der Waals surface area contributed by atoms with Gasteiger partial charge in [-0.15, -0.1) is 0 Å². The van der Waals surface area contributed by atoms with Gasteiger partial charge in [0.1, 0.15) is 17.0 Å². The van der Waals surface area contributed by atoms with E-state index in [1.165, 1.54) is 0 Å². The summed E-state index contributed by atoms with van der Waals surface area (Å²) in [5.74, 6) is 1.42. The molecule has 0 radical (unpaired) electrons. The number of oxazole rings is 1. The van der Waals surface area contributed by atoms with Crippen molar-refractivity contribution >= 4 is 45.9 Å². The molecule has 0 saturated carbocycles. The molecule has 2 heterocycles. The molecule has 164 valence electrons. The number of anilines is 1. The van der Waals surface area contributed by atoms with Crippen LogP contribution in [-0.2, 0) is 0 Å². The number of ether oxygens (including phenoxy) is 1. The molecule has 33 heavy (non-hydrogen) atoms. The van der Waals surface area contributed by atoms with Gasteiger partial charge in [-0.1, -0.05) is 29.3 Å². The lowest BCUT2D eigenvalue weighted by Crippen LogP contribution is -2.10. The lowest BCUT2D eigenvalue weighted by molar-refractivity contribution is 0.0997. The Morgan fingerprint density at radius 2 is 1.79 bits per heavy atom. The maximum atomic E-state index is 12.7. The molecule has 0 saturated heterocycles. The SMILES string of the molecule is COc1ccc2oc(-c3cccc(NC(=O)c4ccc(-c5ccc(Cl)c(Cl)c5)o4)c3)nc2c1. The van der Waals surface area contributed by atoms with Gasteiger partial charge in [-0.2, -0.15) is 0 Å². The Bertz CT molecular complexity index is 1490. The number of methoxy groups -OCH3 is 1. The lowest BCUT2D eigenvalue weighted by Gasteiger charge is -2.05. The van der Waals surface area contributed by atoms with E-state index >= 15 is 0 Å². The van der Waals surface area contributed by atoms with Gasteiger partial charge in [0.15, 0.2) is 11.3 Å². The summed E-state index contributed by atoms with van der Waals surface area (Å²) in [6, 6.07) is 21.1. The number of fused-ring (bicyclic) bond motifs is 1. The van der Waals surface area contributed by atoms with Gasteiger partial charge in [0, 0.05) is 22.9 Å². The first-order valence-corrected chi connectivity index (χ1v) is 10.7. The van der Waals surface area contributed by atoms with Crippen LogP contribution < -0.4 is 10.1 Å². The Morgan fingerprint density at radius 3 is 2.61 bits per heavy atom. The third kappa shape index (κ3) is 4.31. The molecule has 1 amide bonds. The van der Waals surface area contributed by atoms with Crippen molar-refractivity contribution in [2.24, 2.45) is 0 Å². The summed E-state index contributed by atoms with van der Waals surface area (Å²) in [5.41, 5.74) is 3.34. The smallest absolute Gasteiger partial charge is 0.291 e. The van der Waals surface area contributed by atoms with Crippen molar-refractivity contribution in [2.75, 3.05) is 12.4 Å². The van der Waals surface area contributed by atoms with Crippen molar-refractivity contribution in [1.82, 2.24) is 4.98 Å². The minimum atomic E-state index is -0.388. The normalized spacial score (nSPS) is 11.0. The number of nitrogens with one attached hydrogen (secondary N) is 1. The van der Waals surface area contributed by atoms with E-state index in [4.69, 9.17) is 36.8 Å². The van der Waals surface area contributed by atoms with E-state index in [9.17, 15) is 4.79 Å². The molecule has 1 N–H and O–H groups in total. The molecule has 0 aliphatic carbocycles. The minimum absolute atomic E-state index is 0.162. The molecule has 0 aliphatic rings. The quantitative estimate of drug-likeness (QED) is 0.286. The van der Waals surface area contributed by atoms with Gasteiger partial charge in [0.25, 0.3) is 5.91 Å². The average molecular weight is 479 g/mol. The van der Waals surface area contributed by atoms with Gasteiger partial charge >= 0.3 is 0 Å². The number of hydrogen-bond donors (Lipinski definition) is 1. The summed E-state index contributed by atoms with van der Waals surface area (Å²) in [4.78, 5) is 17.3. The first-order chi connectivity index (χ1) is 16.0. The van der Waals surface area contributed by atoms with Crippen LogP contribution in [-0.4, -0.2) is 18.0 Å². The predicted octanol–water partition coefficient (Wildman–Crippen LogP) is 7.32. The Hall–Kier alpha value is -3.74. The molecular weight excluding hydrogens is 463 g/mol. The van der Waals surface area contributed by atoms with Crippen molar-refractivity contribution in [3.05, 3.63) is 88.6 Å². The minimum Gasteiger partial charge on any atom is -0.497 e. The van der Waals surface area contributed by atoms with Crippen LogP contribution in [0.5, 0.6) is 5.75 Å². The van der Waals surface area contributed by atoms with Crippen LogP contribution >= 0.6 is 23.2 Å². The Balaban J connectivity index is 1.36. The van der Waals surface area contributed by atoms with Crippen molar-refractivity contribution in [2.45, 2.75) is 0 Å². The number of nitrogens with zero attached hydrogens (tertiary/aromatic N) is 1. The lowest BCUT2D eigenvalue weighted by atomic mass is 10.2. The van der Waals surface area contributed by atoms with Gasteiger partial charge < -0.3 is 18.9 Å². The predicted molar refractivity (Wildman–Crippen MR) is 128 cm³/mol. The Kier molecular flexibility index (Phi) is 5.54. The summed E-state index contributed by atoms with van der Waals surface area (Å²) in [6.45, 7) is 0. The van der Waals surface area contributed by atoms with Gasteiger partial charge in [0.2, 0.25) is 5.89 Å². The third-order valence-corrected chi connectivity index (χ3v) is 5.74. The highest BCUT2D eigenvalue weighted by molar-refractivity contribution is 6.42. The first-order valence-electron chi connectivity index (χ1n) is 9.92. The number of rotatable bonds is 5. The van der Waals surface area contributed by atoms with Crippen LogP contribution in [0.2, 0.25) is 10.0 Å². The number of benzene rings is 3. The average Bonchev–Trinajstić information content (AvgIpc) is 3.48. The highest BCUT2D eigenvalue weighted by Crippen LogP contribution is 2.31. The summed E-state index contributed by atoms with van der Waals surface area (Å²) >= 11 is 12.0. The maximum Gasteiger partial charge on any atom is 0.291 e. The molecule has 5 aromatic rings. The van der Waals surface area contributed by atoms with E-state index in [1.54, 1.807) is 61.7 Å². The molecule has 5 rings (SSSR count). The number of aromatic nitrogens is 1. The van der Waals surface area contributed by atoms with Gasteiger partial charge in [-0.05, 0) is 60.7 Å². The maximum absolute atomic E-state index is 12.7. The monoisotopic (exact) mass is 478 g/mol. The van der Waals surface area contributed by atoms with Crippen LogP contribution in [0.25, 0.3) is 33.9 Å². The molecule has 0 bridgehead atoms. The van der Waals surface area contributed by atoms with Crippen LogP contribution in [0.3, 0.4) is 0 Å². The summed E-state index contributed by atoms with van der Waals surface area (Å²) in [6.07, 6.45) is 0. The largest absolute Gasteiger partial charge is 0.497 e. The zero-order chi connectivity index (χ0) is 22.9. The van der Waals surface area contributed by atoms with Crippen LogP contribution in [0, 0.1) is 0 Å². The van der Waals surface area contributed by atoms with Crippen LogP contribution in [0.15, 0.2) is 81.6 Å². The topological polar surface area (TPSA) is 77.5 Å². The zero-order valence-electron chi connectivity index (χ0n) is 17.3. The molecule has 6 nitrogen and oxygen atoms in total. The zero-order valence-corrected chi connectivity index (χ0v) is 18.8. The van der Waals surface area contributed by atoms with Gasteiger partial charge in [-0.25, -0.2) is 4.98 Å². The fraction of sp³-hybridized carbons (Fsp3) is 0.0400. The molecule has 0 fully saturated rings. The van der Waals surface area contributed by atoms with Crippen LogP contribution in [0.1, 0.15) is 10.6 Å². The van der Waals surface area contributed by atoms with Crippen molar-refractivity contribution in [3.63, 3.8) is 0 Å². The van der Waals surface area contributed by atoms with E-state index in [-0.39, 0.29) is 11.7 Å². The highest BCUT2D eigenvalue weighted by Gasteiger charge is 2.15. The third-order valence-electron chi connectivity index (χ3n) is 5.00. The number of furan rings is 1. The molecule has 3 aromatic carbocycles. The highest BCUT2D eigenvalue weighted by atomic mass is 35.5. The van der Waals surface area contributed by atoms with Gasteiger partial charge in [-0.3, -0.25) is 4.79 Å². The number of halogens is 2. The Morgan fingerprint density at radius 1 is 0.909 bits per heavy atom. The number of carbonyl (C=O) groups excluding carboxylic acids is 1. The molecule has 2 aromatic heterocycles. The fourth-order valence-electron chi connectivity index (χ4n) is 3.34. The second-order valence-corrected chi connectivity index (χ2v) is 7.99. The second kappa shape index (κ2) is 8.65. The first kappa shape index (κ1) is 21.1. The number of carbonyl (C=O) groups is 1. The molecule has 0 atom stereocenters. The summed E-state index contributed by atoms with van der Waals surface area (Å²) in [7, 11) is 1.60. The molecule has 0 spiro atoms. The second-order valence-electron chi connectivity index (χ2n) is 7.18. The summed E-state index contributed by atoms with van der Waals surface area (Å²) < 4.78 is 16.8. The van der Waals surface area contributed by atoms with E-state index in [2.05, 4.69) is 10.3 Å². The molecule has 0 unspecified atom stereocenters. The molecule has 0 aliphatic heterocycles. The van der Waals surface area contributed by atoms with Crippen molar-refractivity contribution < 1.29 is 18.4 Å². The fourth-order valence-corrected chi connectivity index (χ4v) is 3.64. The molecular formula is C25H16Cl2N2O4. The van der Waals surface area contributed by atoms with E-state index < -0.39 is 0 Å². The number of hydrogen-bond acceptors (Lipinski definition) is 5. The van der Waals surface area contributed by atoms with Gasteiger partial charge in [0.05, 0.1) is 17.2 Å². The van der Waals surface area contributed by atoms with Crippen molar-refractivity contribution in [3.8, 4) is 28.5 Å². The van der Waals surface area contributed by atoms with E-state index in [1.807, 2.05) is 18.2 Å². The van der Waals surface area contributed by atoms with Crippen molar-refractivity contribution in [1.29, 1.82) is 0 Å². The van der Waals surface area contributed by atoms with E-state index in [0.717, 1.165) is 11.1 Å². The summed E-state index contributed by atoms with van der Waals surface area (Å²) in [5, 5.41) is 3.69. The number of amides is 1. The standard InChI is InChI=1S/C25H16Cl2N2O4/c1-31-17-6-8-22-20(13-17)29-25(33-22)15-3-2-4-16(11-15)28-24(30)23-10-9-21(32-23)14-5-7-18(26)19(27)12-14/h2-13H,1H3,(H,28,30). The van der Waals surface area contributed by atoms with E-state index in [0.29, 0.717) is 44.2 Å². The Labute approximate surface area is 198 Å².